The summed E-state index contributed by atoms with van der Waals surface area (Å²) in [5.41, 5.74) is 2.14. The van der Waals surface area contributed by atoms with Crippen LogP contribution in [0.4, 0.5) is 0 Å². The summed E-state index contributed by atoms with van der Waals surface area (Å²) in [6.07, 6.45) is 3.05. The van der Waals surface area contributed by atoms with Crippen LogP contribution in [0.15, 0.2) is 30.3 Å². The number of halogens is 1. The molecular formula is C11H11ClO. The quantitative estimate of drug-likeness (QED) is 0.534. The monoisotopic (exact) mass is 194 g/mol. The van der Waals surface area contributed by atoms with Crippen molar-refractivity contribution in [3.8, 4) is 0 Å². The summed E-state index contributed by atoms with van der Waals surface area (Å²) in [6, 6.07) is 7.86. The summed E-state index contributed by atoms with van der Waals surface area (Å²) in [7, 11) is 0. The largest absolute Gasteiger partial charge is 0.299 e. The minimum absolute atomic E-state index is 0.484. The van der Waals surface area contributed by atoms with Crippen LogP contribution in [0.5, 0.6) is 0 Å². The maximum absolute atomic E-state index is 10.2. The van der Waals surface area contributed by atoms with E-state index in [-0.39, 0.29) is 0 Å². The molecule has 1 aromatic carbocycles. The highest BCUT2D eigenvalue weighted by molar-refractivity contribution is 6.49. The minimum atomic E-state index is 0.484. The molecule has 0 spiro atoms. The van der Waals surface area contributed by atoms with Crippen LogP contribution in [-0.2, 0) is 11.2 Å². The standard InChI is InChI=1S/C11H11ClO/c1-2-9-3-5-10(6-4-9)11(12)7-8-13/h3-8H,2H2,1H3/b11-7-. The molecule has 1 nitrogen and oxygen atoms in total. The van der Waals surface area contributed by atoms with E-state index in [0.717, 1.165) is 12.0 Å². The van der Waals surface area contributed by atoms with Crippen LogP contribution < -0.4 is 0 Å². The van der Waals surface area contributed by atoms with Crippen LogP contribution in [0.3, 0.4) is 0 Å². The van der Waals surface area contributed by atoms with Gasteiger partial charge in [-0.1, -0.05) is 42.8 Å². The van der Waals surface area contributed by atoms with Gasteiger partial charge < -0.3 is 0 Å². The highest BCUT2D eigenvalue weighted by Crippen LogP contribution is 2.18. The molecule has 0 fully saturated rings. The summed E-state index contributed by atoms with van der Waals surface area (Å²) < 4.78 is 0. The van der Waals surface area contributed by atoms with E-state index >= 15 is 0 Å². The maximum Gasteiger partial charge on any atom is 0.144 e. The second kappa shape index (κ2) is 4.83. The Bertz CT molecular complexity index is 311. The van der Waals surface area contributed by atoms with Gasteiger partial charge in [0.2, 0.25) is 0 Å². The van der Waals surface area contributed by atoms with Crippen molar-refractivity contribution in [3.05, 3.63) is 41.5 Å². The number of benzene rings is 1. The van der Waals surface area contributed by atoms with Gasteiger partial charge in [0.15, 0.2) is 0 Å². The van der Waals surface area contributed by atoms with Crippen molar-refractivity contribution >= 4 is 22.9 Å². The van der Waals surface area contributed by atoms with Crippen molar-refractivity contribution in [1.29, 1.82) is 0 Å². The molecule has 0 aliphatic heterocycles. The smallest absolute Gasteiger partial charge is 0.144 e. The van der Waals surface area contributed by atoms with E-state index in [9.17, 15) is 4.79 Å². The number of aldehydes is 1. The van der Waals surface area contributed by atoms with Crippen molar-refractivity contribution in [1.82, 2.24) is 0 Å². The van der Waals surface area contributed by atoms with E-state index in [4.69, 9.17) is 11.6 Å². The molecule has 0 unspecified atom stereocenters. The fraction of sp³-hybridized carbons (Fsp3) is 0.182. The fourth-order valence-electron chi connectivity index (χ4n) is 1.06. The Hall–Kier alpha value is -1.08. The van der Waals surface area contributed by atoms with Gasteiger partial charge >= 0.3 is 0 Å². The van der Waals surface area contributed by atoms with E-state index in [1.807, 2.05) is 24.3 Å². The van der Waals surface area contributed by atoms with Crippen molar-refractivity contribution in [3.63, 3.8) is 0 Å². The lowest BCUT2D eigenvalue weighted by Crippen LogP contribution is -1.81. The zero-order valence-electron chi connectivity index (χ0n) is 7.46. The average Bonchev–Trinajstić information content (AvgIpc) is 2.18. The zero-order chi connectivity index (χ0) is 9.68. The van der Waals surface area contributed by atoms with E-state index in [0.29, 0.717) is 11.3 Å². The third-order valence-electron chi connectivity index (χ3n) is 1.85. The summed E-state index contributed by atoms with van der Waals surface area (Å²) >= 11 is 5.83. The second-order valence-electron chi connectivity index (χ2n) is 2.70. The first-order valence-electron chi connectivity index (χ1n) is 4.18. The maximum atomic E-state index is 10.2. The molecule has 0 atom stereocenters. The van der Waals surface area contributed by atoms with Crippen LogP contribution in [-0.4, -0.2) is 6.29 Å². The van der Waals surface area contributed by atoms with Crippen LogP contribution in [0, 0.1) is 0 Å². The minimum Gasteiger partial charge on any atom is -0.299 e. The SMILES string of the molecule is CCc1ccc(/C(Cl)=C/C=O)cc1. The fourth-order valence-corrected chi connectivity index (χ4v) is 1.23. The van der Waals surface area contributed by atoms with E-state index in [1.165, 1.54) is 11.6 Å². The Morgan fingerprint density at radius 2 is 2.00 bits per heavy atom. The lowest BCUT2D eigenvalue weighted by Gasteiger charge is -1.99. The molecule has 2 heteroatoms. The lowest BCUT2D eigenvalue weighted by molar-refractivity contribution is -0.104. The number of hydrogen-bond acceptors (Lipinski definition) is 1. The molecule has 0 bridgehead atoms. The van der Waals surface area contributed by atoms with Gasteiger partial charge in [-0.15, -0.1) is 0 Å². The van der Waals surface area contributed by atoms with E-state index in [1.54, 1.807) is 0 Å². The van der Waals surface area contributed by atoms with Crippen LogP contribution >= 0.6 is 11.6 Å². The number of hydrogen-bond donors (Lipinski definition) is 0. The third kappa shape index (κ3) is 2.71. The molecule has 1 aromatic rings. The van der Waals surface area contributed by atoms with Crippen LogP contribution in [0.25, 0.3) is 5.03 Å². The Balaban J connectivity index is 2.91. The summed E-state index contributed by atoms with van der Waals surface area (Å²) in [5, 5.41) is 0.484. The molecule has 13 heavy (non-hydrogen) atoms. The first kappa shape index (κ1) is 10.0. The van der Waals surface area contributed by atoms with Gasteiger partial charge in [-0.2, -0.15) is 0 Å². The van der Waals surface area contributed by atoms with Gasteiger partial charge in [0.1, 0.15) is 6.29 Å². The molecule has 0 aromatic heterocycles. The Labute approximate surface area is 83.0 Å². The van der Waals surface area contributed by atoms with Gasteiger partial charge in [-0.05, 0) is 23.6 Å². The van der Waals surface area contributed by atoms with E-state index in [2.05, 4.69) is 6.92 Å². The second-order valence-corrected chi connectivity index (χ2v) is 3.11. The van der Waals surface area contributed by atoms with Crippen molar-refractivity contribution < 1.29 is 4.79 Å². The molecule has 0 radical (unpaired) electrons. The van der Waals surface area contributed by atoms with Gasteiger partial charge in [-0.25, -0.2) is 0 Å². The molecule has 0 aliphatic rings. The molecule has 0 N–H and O–H groups in total. The number of carbonyl (C=O) groups is 1. The van der Waals surface area contributed by atoms with Crippen molar-refractivity contribution in [2.45, 2.75) is 13.3 Å². The average molecular weight is 195 g/mol. The van der Waals surface area contributed by atoms with Crippen LogP contribution in [0.1, 0.15) is 18.1 Å². The predicted octanol–water partition coefficient (Wildman–Crippen LogP) is 3.03. The number of aryl methyl sites for hydroxylation is 1. The number of allylic oxidation sites excluding steroid dienone is 1. The van der Waals surface area contributed by atoms with Gasteiger partial charge in [-0.3, -0.25) is 4.79 Å². The normalized spacial score (nSPS) is 11.4. The third-order valence-corrected chi connectivity index (χ3v) is 2.20. The number of carbonyl (C=O) groups excluding carboxylic acids is 1. The Morgan fingerprint density at radius 3 is 2.46 bits per heavy atom. The first-order chi connectivity index (χ1) is 6.27. The summed E-state index contributed by atoms with van der Waals surface area (Å²) in [6.45, 7) is 2.10. The summed E-state index contributed by atoms with van der Waals surface area (Å²) in [4.78, 5) is 10.2. The first-order valence-corrected chi connectivity index (χ1v) is 4.56. The predicted molar refractivity (Wildman–Crippen MR) is 55.7 cm³/mol. The summed E-state index contributed by atoms with van der Waals surface area (Å²) in [5.74, 6) is 0. The Kier molecular flexibility index (Phi) is 3.71. The highest BCUT2D eigenvalue weighted by atomic mass is 35.5. The highest BCUT2D eigenvalue weighted by Gasteiger charge is 1.96. The zero-order valence-corrected chi connectivity index (χ0v) is 8.21. The molecule has 0 heterocycles. The number of rotatable bonds is 3. The molecule has 0 saturated carbocycles. The topological polar surface area (TPSA) is 17.1 Å². The van der Waals surface area contributed by atoms with E-state index < -0.39 is 0 Å². The molecule has 0 saturated heterocycles. The molecular weight excluding hydrogens is 184 g/mol. The lowest BCUT2D eigenvalue weighted by atomic mass is 10.1. The van der Waals surface area contributed by atoms with Gasteiger partial charge in [0.05, 0.1) is 5.03 Å². The molecule has 1 rings (SSSR count). The Morgan fingerprint density at radius 1 is 1.38 bits per heavy atom. The van der Waals surface area contributed by atoms with Crippen LogP contribution in [0.2, 0.25) is 0 Å². The molecule has 0 amide bonds. The van der Waals surface area contributed by atoms with Crippen molar-refractivity contribution in [2.24, 2.45) is 0 Å². The molecule has 68 valence electrons. The van der Waals surface area contributed by atoms with Gasteiger partial charge in [0.25, 0.3) is 0 Å². The van der Waals surface area contributed by atoms with Gasteiger partial charge in [0, 0.05) is 0 Å². The molecule has 0 aliphatic carbocycles. The van der Waals surface area contributed by atoms with Crippen molar-refractivity contribution in [2.75, 3.05) is 0 Å².